The first kappa shape index (κ1) is 12.2. The average molecular weight is 233 g/mol. The van der Waals surface area contributed by atoms with Crippen LogP contribution in [0.4, 0.5) is 18.9 Å². The summed E-state index contributed by atoms with van der Waals surface area (Å²) < 4.78 is 37.7. The minimum atomic E-state index is -4.93. The molecule has 0 saturated heterocycles. The van der Waals surface area contributed by atoms with E-state index in [9.17, 15) is 28.1 Å². The van der Waals surface area contributed by atoms with Gasteiger partial charge in [-0.25, -0.2) is 0 Å². The summed E-state index contributed by atoms with van der Waals surface area (Å²) in [6.07, 6.45) is -4.93. The fraction of sp³-hybridized carbons (Fsp3) is 0.222. The zero-order valence-corrected chi connectivity index (χ0v) is 8.04. The topological polar surface area (TPSA) is 60.2 Å². The molecule has 7 heteroatoms. The number of nitro benzene ring substituents is 1. The van der Waals surface area contributed by atoms with Gasteiger partial charge in [0.2, 0.25) is 0 Å². The predicted molar refractivity (Wildman–Crippen MR) is 48.1 cm³/mol. The Morgan fingerprint density at radius 1 is 1.38 bits per heavy atom. The number of Topliss-reactive ketones (excluding diaryl/α,β-unsaturated/α-hetero) is 1. The number of carbonyl (C=O) groups excluding carboxylic acids is 1. The zero-order valence-electron chi connectivity index (χ0n) is 8.04. The number of benzene rings is 1. The van der Waals surface area contributed by atoms with Crippen molar-refractivity contribution in [1.29, 1.82) is 0 Å². The van der Waals surface area contributed by atoms with E-state index < -0.39 is 33.7 Å². The standard InChI is InChI=1S/C9H6F3NO3/c1-5(14)6-3-2-4-7(13(15)16)8(6)9(10,11)12/h2-4H,1H3. The molecule has 0 heterocycles. The number of alkyl halides is 3. The molecule has 4 nitrogen and oxygen atoms in total. The second-order valence-electron chi connectivity index (χ2n) is 3.01. The van der Waals surface area contributed by atoms with Crippen molar-refractivity contribution >= 4 is 11.5 Å². The normalized spacial score (nSPS) is 11.2. The number of carbonyl (C=O) groups is 1. The summed E-state index contributed by atoms with van der Waals surface area (Å²) in [4.78, 5) is 20.2. The molecule has 1 aromatic rings. The van der Waals surface area contributed by atoms with Crippen LogP contribution in [-0.2, 0) is 6.18 Å². The summed E-state index contributed by atoms with van der Waals surface area (Å²) in [5, 5.41) is 10.4. The molecular formula is C9H6F3NO3. The van der Waals surface area contributed by atoms with E-state index in [1.165, 1.54) is 0 Å². The van der Waals surface area contributed by atoms with E-state index in [0.717, 1.165) is 25.1 Å². The van der Waals surface area contributed by atoms with Gasteiger partial charge in [-0.2, -0.15) is 13.2 Å². The van der Waals surface area contributed by atoms with Crippen molar-refractivity contribution in [3.05, 3.63) is 39.4 Å². The summed E-state index contributed by atoms with van der Waals surface area (Å²) in [5.41, 5.74) is -3.30. The number of hydrogen-bond acceptors (Lipinski definition) is 3. The molecule has 0 amide bonds. The number of hydrogen-bond donors (Lipinski definition) is 0. The van der Waals surface area contributed by atoms with Gasteiger partial charge in [0.25, 0.3) is 5.69 Å². The molecule has 0 spiro atoms. The smallest absolute Gasteiger partial charge is 0.294 e. The number of nitrogens with zero attached hydrogens (tertiary/aromatic N) is 1. The Hall–Kier alpha value is -1.92. The molecule has 0 aliphatic carbocycles. The molecule has 0 unspecified atom stereocenters. The van der Waals surface area contributed by atoms with Crippen molar-refractivity contribution in [1.82, 2.24) is 0 Å². The molecule has 0 radical (unpaired) electrons. The number of nitro groups is 1. The van der Waals surface area contributed by atoms with Gasteiger partial charge in [-0.05, 0) is 6.92 Å². The van der Waals surface area contributed by atoms with Crippen LogP contribution in [0.3, 0.4) is 0 Å². The maximum absolute atomic E-state index is 12.6. The van der Waals surface area contributed by atoms with Crippen LogP contribution in [0.5, 0.6) is 0 Å². The van der Waals surface area contributed by atoms with Crippen LogP contribution in [0.15, 0.2) is 18.2 Å². The molecular weight excluding hydrogens is 227 g/mol. The molecule has 0 aromatic heterocycles. The highest BCUT2D eigenvalue weighted by atomic mass is 19.4. The summed E-state index contributed by atoms with van der Waals surface area (Å²) >= 11 is 0. The first-order valence-electron chi connectivity index (χ1n) is 4.10. The van der Waals surface area contributed by atoms with E-state index in [0.29, 0.717) is 0 Å². The molecule has 0 fully saturated rings. The lowest BCUT2D eigenvalue weighted by molar-refractivity contribution is -0.388. The molecule has 1 rings (SSSR count). The second-order valence-corrected chi connectivity index (χ2v) is 3.01. The van der Waals surface area contributed by atoms with Crippen molar-refractivity contribution in [2.24, 2.45) is 0 Å². The largest absolute Gasteiger partial charge is 0.423 e. The summed E-state index contributed by atoms with van der Waals surface area (Å²) in [6, 6.07) is 2.68. The Balaban J connectivity index is 3.60. The fourth-order valence-corrected chi connectivity index (χ4v) is 1.28. The third kappa shape index (κ3) is 2.18. The average Bonchev–Trinajstić information content (AvgIpc) is 2.15. The van der Waals surface area contributed by atoms with Gasteiger partial charge >= 0.3 is 6.18 Å². The van der Waals surface area contributed by atoms with Gasteiger partial charge in [-0.3, -0.25) is 14.9 Å². The van der Waals surface area contributed by atoms with Gasteiger partial charge in [-0.15, -0.1) is 0 Å². The predicted octanol–water partition coefficient (Wildman–Crippen LogP) is 2.82. The minimum absolute atomic E-state index is 0.693. The van der Waals surface area contributed by atoms with Gasteiger partial charge in [0.05, 0.1) is 4.92 Å². The van der Waals surface area contributed by atoms with Gasteiger partial charge in [0, 0.05) is 11.6 Å². The van der Waals surface area contributed by atoms with Crippen LogP contribution in [-0.4, -0.2) is 10.7 Å². The zero-order chi connectivity index (χ0) is 12.5. The van der Waals surface area contributed by atoms with Crippen LogP contribution in [0, 0.1) is 10.1 Å². The third-order valence-electron chi connectivity index (χ3n) is 1.90. The van der Waals surface area contributed by atoms with E-state index in [1.54, 1.807) is 0 Å². The Kier molecular flexibility index (Phi) is 2.97. The lowest BCUT2D eigenvalue weighted by atomic mass is 10.0. The maximum atomic E-state index is 12.6. The monoisotopic (exact) mass is 233 g/mol. The second kappa shape index (κ2) is 3.92. The molecule has 0 saturated carbocycles. The van der Waals surface area contributed by atoms with Crippen LogP contribution >= 0.6 is 0 Å². The number of halogens is 3. The highest BCUT2D eigenvalue weighted by Crippen LogP contribution is 2.38. The van der Waals surface area contributed by atoms with Crippen LogP contribution in [0.2, 0.25) is 0 Å². The third-order valence-corrected chi connectivity index (χ3v) is 1.90. The highest BCUT2D eigenvalue weighted by molar-refractivity contribution is 5.96. The SMILES string of the molecule is CC(=O)c1cccc([N+](=O)[O-])c1C(F)(F)F. The lowest BCUT2D eigenvalue weighted by Crippen LogP contribution is -2.14. The van der Waals surface area contributed by atoms with Gasteiger partial charge in [0.1, 0.15) is 5.56 Å². The highest BCUT2D eigenvalue weighted by Gasteiger charge is 2.41. The summed E-state index contributed by atoms with van der Waals surface area (Å²) in [5.74, 6) is -0.865. The van der Waals surface area contributed by atoms with E-state index in [1.807, 2.05) is 0 Å². The first-order chi connectivity index (χ1) is 7.25. The molecule has 0 atom stereocenters. The van der Waals surface area contributed by atoms with E-state index >= 15 is 0 Å². The fourth-order valence-electron chi connectivity index (χ4n) is 1.28. The van der Waals surface area contributed by atoms with Crippen LogP contribution < -0.4 is 0 Å². The Bertz CT molecular complexity index is 422. The van der Waals surface area contributed by atoms with E-state index in [4.69, 9.17) is 0 Å². The Morgan fingerprint density at radius 3 is 2.31 bits per heavy atom. The summed E-state index contributed by atoms with van der Waals surface area (Å²) in [6.45, 7) is 0.925. The van der Waals surface area contributed by atoms with Crippen molar-refractivity contribution in [2.75, 3.05) is 0 Å². The van der Waals surface area contributed by atoms with Crippen LogP contribution in [0.1, 0.15) is 22.8 Å². The molecule has 0 aliphatic rings. The molecule has 0 aliphatic heterocycles. The molecule has 16 heavy (non-hydrogen) atoms. The number of rotatable bonds is 2. The lowest BCUT2D eigenvalue weighted by Gasteiger charge is -2.10. The van der Waals surface area contributed by atoms with Gasteiger partial charge < -0.3 is 0 Å². The molecule has 86 valence electrons. The molecule has 1 aromatic carbocycles. The van der Waals surface area contributed by atoms with Crippen molar-refractivity contribution in [3.8, 4) is 0 Å². The molecule has 0 bridgehead atoms. The first-order valence-corrected chi connectivity index (χ1v) is 4.10. The Labute approximate surface area is 87.8 Å². The van der Waals surface area contributed by atoms with E-state index in [-0.39, 0.29) is 0 Å². The maximum Gasteiger partial charge on any atom is 0.423 e. The van der Waals surface area contributed by atoms with Gasteiger partial charge in [-0.1, -0.05) is 12.1 Å². The van der Waals surface area contributed by atoms with Gasteiger partial charge in [0.15, 0.2) is 5.78 Å². The van der Waals surface area contributed by atoms with Crippen molar-refractivity contribution in [2.45, 2.75) is 13.1 Å². The van der Waals surface area contributed by atoms with E-state index in [2.05, 4.69) is 0 Å². The number of ketones is 1. The minimum Gasteiger partial charge on any atom is -0.294 e. The van der Waals surface area contributed by atoms with Crippen molar-refractivity contribution in [3.63, 3.8) is 0 Å². The van der Waals surface area contributed by atoms with Crippen LogP contribution in [0.25, 0.3) is 0 Å². The molecule has 0 N–H and O–H groups in total. The quantitative estimate of drug-likeness (QED) is 0.448. The Morgan fingerprint density at radius 2 is 1.94 bits per heavy atom. The summed E-state index contributed by atoms with van der Waals surface area (Å²) in [7, 11) is 0. The van der Waals surface area contributed by atoms with Crippen molar-refractivity contribution < 1.29 is 22.9 Å².